The summed E-state index contributed by atoms with van der Waals surface area (Å²) in [5.41, 5.74) is 2.95. The lowest BCUT2D eigenvalue weighted by molar-refractivity contribution is 0.0955. The number of hydrogen-bond donors (Lipinski definition) is 1. The van der Waals surface area contributed by atoms with Crippen molar-refractivity contribution in [2.24, 2.45) is 5.10 Å². The Morgan fingerprint density at radius 1 is 1.35 bits per heavy atom. The van der Waals surface area contributed by atoms with E-state index in [1.165, 1.54) is 12.5 Å². The second kappa shape index (κ2) is 7.13. The van der Waals surface area contributed by atoms with Crippen molar-refractivity contribution in [2.45, 2.75) is 13.3 Å². The monoisotopic (exact) mass is 272 g/mol. The summed E-state index contributed by atoms with van der Waals surface area (Å²) in [4.78, 5) is 11.8. The maximum atomic E-state index is 11.8. The van der Waals surface area contributed by atoms with Gasteiger partial charge in [0.05, 0.1) is 19.1 Å². The Morgan fingerprint density at radius 3 is 2.80 bits per heavy atom. The van der Waals surface area contributed by atoms with E-state index in [0.29, 0.717) is 17.9 Å². The second-order valence-electron chi connectivity index (χ2n) is 4.09. The molecule has 0 fully saturated rings. The number of carbonyl (C=O) groups excluding carboxylic acids is 1. The molecule has 0 aliphatic rings. The summed E-state index contributed by atoms with van der Waals surface area (Å²) in [5.74, 6) is 1.05. The molecular weight excluding hydrogens is 256 g/mol. The van der Waals surface area contributed by atoms with Gasteiger partial charge in [-0.1, -0.05) is 6.92 Å². The molecule has 0 aliphatic heterocycles. The Bertz CT molecular complexity index is 559. The zero-order chi connectivity index (χ0) is 14.2. The summed E-state index contributed by atoms with van der Waals surface area (Å²) >= 11 is 0. The molecule has 104 valence electrons. The van der Waals surface area contributed by atoms with Crippen LogP contribution in [0.1, 0.15) is 29.5 Å². The lowest BCUT2D eigenvalue weighted by atomic mass is 10.2. The third kappa shape index (κ3) is 3.98. The Kier molecular flexibility index (Phi) is 4.94. The number of hydrogen-bond acceptors (Lipinski definition) is 4. The van der Waals surface area contributed by atoms with Crippen LogP contribution in [0.5, 0.6) is 5.75 Å². The second-order valence-corrected chi connectivity index (χ2v) is 4.09. The van der Waals surface area contributed by atoms with Crippen LogP contribution in [-0.2, 0) is 0 Å². The first-order valence-corrected chi connectivity index (χ1v) is 6.39. The quantitative estimate of drug-likeness (QED) is 0.649. The fourth-order valence-electron chi connectivity index (χ4n) is 1.51. The Morgan fingerprint density at radius 2 is 2.15 bits per heavy atom. The number of benzene rings is 1. The van der Waals surface area contributed by atoms with Gasteiger partial charge in [-0.15, -0.1) is 0 Å². The molecule has 2 rings (SSSR count). The first-order chi connectivity index (χ1) is 9.79. The van der Waals surface area contributed by atoms with Crippen molar-refractivity contribution >= 4 is 12.1 Å². The van der Waals surface area contributed by atoms with Gasteiger partial charge in [-0.3, -0.25) is 4.79 Å². The fourth-order valence-corrected chi connectivity index (χ4v) is 1.51. The van der Waals surface area contributed by atoms with E-state index in [0.717, 1.165) is 12.2 Å². The molecule has 1 amide bonds. The molecule has 20 heavy (non-hydrogen) atoms. The molecule has 0 saturated heterocycles. The minimum Gasteiger partial charge on any atom is -0.494 e. The summed E-state index contributed by atoms with van der Waals surface area (Å²) in [7, 11) is 0. The highest BCUT2D eigenvalue weighted by atomic mass is 16.5. The maximum absolute atomic E-state index is 11.8. The van der Waals surface area contributed by atoms with Gasteiger partial charge < -0.3 is 9.15 Å². The van der Waals surface area contributed by atoms with Crippen LogP contribution in [-0.4, -0.2) is 18.7 Å². The first kappa shape index (κ1) is 13.9. The van der Waals surface area contributed by atoms with Gasteiger partial charge in [-0.25, -0.2) is 5.43 Å². The third-order valence-corrected chi connectivity index (χ3v) is 2.49. The zero-order valence-electron chi connectivity index (χ0n) is 11.2. The highest BCUT2D eigenvalue weighted by molar-refractivity contribution is 5.94. The molecular formula is C15H16N2O3. The molecule has 0 bridgehead atoms. The first-order valence-electron chi connectivity index (χ1n) is 6.39. The van der Waals surface area contributed by atoms with Crippen LogP contribution in [0.25, 0.3) is 0 Å². The fraction of sp³-hybridized carbons (Fsp3) is 0.200. The summed E-state index contributed by atoms with van der Waals surface area (Å²) in [6.07, 6.45) is 3.93. The van der Waals surface area contributed by atoms with Gasteiger partial charge >= 0.3 is 0 Å². The van der Waals surface area contributed by atoms with E-state index < -0.39 is 0 Å². The number of hydrazone groups is 1. The van der Waals surface area contributed by atoms with Crippen molar-refractivity contribution in [1.29, 1.82) is 0 Å². The SMILES string of the molecule is CCCOc1ccc(C(=O)N/N=C\c2ccco2)cc1. The molecule has 0 aliphatic carbocycles. The van der Waals surface area contributed by atoms with Crippen LogP contribution in [0.2, 0.25) is 0 Å². The highest BCUT2D eigenvalue weighted by Gasteiger charge is 2.04. The maximum Gasteiger partial charge on any atom is 0.271 e. The van der Waals surface area contributed by atoms with Gasteiger partial charge in [-0.2, -0.15) is 5.10 Å². The van der Waals surface area contributed by atoms with E-state index in [2.05, 4.69) is 10.5 Å². The summed E-state index contributed by atoms with van der Waals surface area (Å²) < 4.78 is 10.5. The van der Waals surface area contributed by atoms with Crippen molar-refractivity contribution in [3.8, 4) is 5.75 Å². The number of amides is 1. The predicted molar refractivity (Wildman–Crippen MR) is 76.0 cm³/mol. The zero-order valence-corrected chi connectivity index (χ0v) is 11.2. The van der Waals surface area contributed by atoms with Crippen LogP contribution in [0.4, 0.5) is 0 Å². The number of ether oxygens (including phenoxy) is 1. The Hall–Kier alpha value is -2.56. The molecule has 1 aromatic heterocycles. The Labute approximate surface area is 117 Å². The van der Waals surface area contributed by atoms with Crippen molar-refractivity contribution in [3.05, 3.63) is 54.0 Å². The molecule has 2 aromatic rings. The van der Waals surface area contributed by atoms with Gasteiger partial charge in [0, 0.05) is 5.56 Å². The van der Waals surface area contributed by atoms with Gasteiger partial charge in [0.1, 0.15) is 11.5 Å². The van der Waals surface area contributed by atoms with Crippen molar-refractivity contribution in [2.75, 3.05) is 6.61 Å². The predicted octanol–water partition coefficient (Wildman–Crippen LogP) is 2.83. The molecule has 1 aromatic carbocycles. The minimum atomic E-state index is -0.283. The van der Waals surface area contributed by atoms with Crippen LogP contribution >= 0.6 is 0 Å². The standard InChI is InChI=1S/C15H16N2O3/c1-2-9-19-13-7-5-12(6-8-13)15(18)17-16-11-14-4-3-10-20-14/h3-8,10-11H,2,9H2,1H3,(H,17,18)/b16-11-. The van der Waals surface area contributed by atoms with Crippen LogP contribution in [0, 0.1) is 0 Å². The molecule has 0 unspecified atom stereocenters. The number of nitrogens with zero attached hydrogens (tertiary/aromatic N) is 1. The number of nitrogens with one attached hydrogen (secondary N) is 1. The summed E-state index contributed by atoms with van der Waals surface area (Å²) in [6, 6.07) is 10.4. The lowest BCUT2D eigenvalue weighted by Crippen LogP contribution is -2.17. The molecule has 1 heterocycles. The minimum absolute atomic E-state index is 0.283. The van der Waals surface area contributed by atoms with E-state index in [1.807, 2.05) is 6.92 Å². The van der Waals surface area contributed by atoms with Crippen LogP contribution < -0.4 is 10.2 Å². The topological polar surface area (TPSA) is 63.8 Å². The number of rotatable bonds is 6. The van der Waals surface area contributed by atoms with E-state index in [1.54, 1.807) is 36.4 Å². The van der Waals surface area contributed by atoms with Crippen molar-refractivity contribution in [1.82, 2.24) is 5.43 Å². The van der Waals surface area contributed by atoms with Crippen LogP contribution in [0.3, 0.4) is 0 Å². The van der Waals surface area contributed by atoms with Gasteiger partial charge in [0.15, 0.2) is 0 Å². The molecule has 0 radical (unpaired) electrons. The molecule has 0 saturated carbocycles. The molecule has 0 atom stereocenters. The highest BCUT2D eigenvalue weighted by Crippen LogP contribution is 2.12. The van der Waals surface area contributed by atoms with E-state index in [-0.39, 0.29) is 5.91 Å². The van der Waals surface area contributed by atoms with Crippen molar-refractivity contribution in [3.63, 3.8) is 0 Å². The largest absolute Gasteiger partial charge is 0.494 e. The number of furan rings is 1. The van der Waals surface area contributed by atoms with E-state index >= 15 is 0 Å². The molecule has 5 nitrogen and oxygen atoms in total. The normalized spacial score (nSPS) is 10.7. The smallest absolute Gasteiger partial charge is 0.271 e. The van der Waals surface area contributed by atoms with Gasteiger partial charge in [0.25, 0.3) is 5.91 Å². The molecule has 1 N–H and O–H groups in total. The lowest BCUT2D eigenvalue weighted by Gasteiger charge is -2.05. The Balaban J connectivity index is 1.89. The number of carbonyl (C=O) groups is 1. The van der Waals surface area contributed by atoms with Gasteiger partial charge in [-0.05, 0) is 42.8 Å². The average molecular weight is 272 g/mol. The summed E-state index contributed by atoms with van der Waals surface area (Å²) in [5, 5.41) is 3.81. The van der Waals surface area contributed by atoms with E-state index in [9.17, 15) is 4.79 Å². The van der Waals surface area contributed by atoms with E-state index in [4.69, 9.17) is 9.15 Å². The summed E-state index contributed by atoms with van der Waals surface area (Å²) in [6.45, 7) is 2.71. The molecule has 0 spiro atoms. The van der Waals surface area contributed by atoms with Gasteiger partial charge in [0.2, 0.25) is 0 Å². The van der Waals surface area contributed by atoms with Crippen LogP contribution in [0.15, 0.2) is 52.2 Å². The average Bonchev–Trinajstić information content (AvgIpc) is 2.99. The molecule has 5 heteroatoms. The van der Waals surface area contributed by atoms with Crippen molar-refractivity contribution < 1.29 is 13.9 Å². The third-order valence-electron chi connectivity index (χ3n) is 2.49.